The van der Waals surface area contributed by atoms with Crippen LogP contribution in [0, 0.1) is 13.8 Å². The van der Waals surface area contributed by atoms with Crippen LogP contribution in [0.25, 0.3) is 0 Å². The highest BCUT2D eigenvalue weighted by molar-refractivity contribution is 6.05. The van der Waals surface area contributed by atoms with Gasteiger partial charge in [0.05, 0.1) is 7.11 Å². The standard InChI is InChI=1S/C22H21NO3/c1-15-8-13-19(16(2)14-15)22(24)23-17-9-11-18(12-10-17)26-21-7-5-4-6-20(21)25-3/h4-14H,1-3H3,(H,23,24). The molecule has 0 radical (unpaired) electrons. The maximum Gasteiger partial charge on any atom is 0.255 e. The maximum atomic E-state index is 12.4. The Morgan fingerprint density at radius 3 is 2.23 bits per heavy atom. The van der Waals surface area contributed by atoms with Crippen molar-refractivity contribution in [1.82, 2.24) is 0 Å². The monoisotopic (exact) mass is 347 g/mol. The number of hydrogen-bond acceptors (Lipinski definition) is 3. The summed E-state index contributed by atoms with van der Waals surface area (Å²) in [5.41, 5.74) is 3.47. The summed E-state index contributed by atoms with van der Waals surface area (Å²) in [5, 5.41) is 2.91. The van der Waals surface area contributed by atoms with Crippen molar-refractivity contribution in [2.75, 3.05) is 12.4 Å². The number of rotatable bonds is 5. The highest BCUT2D eigenvalue weighted by Gasteiger charge is 2.10. The first-order chi connectivity index (χ1) is 12.6. The lowest BCUT2D eigenvalue weighted by atomic mass is 10.1. The molecular formula is C22H21NO3. The number of nitrogens with one attached hydrogen (secondary N) is 1. The minimum absolute atomic E-state index is 0.124. The second-order valence-corrected chi connectivity index (χ2v) is 6.05. The minimum Gasteiger partial charge on any atom is -0.493 e. The number of anilines is 1. The summed E-state index contributed by atoms with van der Waals surface area (Å²) in [6, 6.07) is 20.5. The zero-order valence-electron chi connectivity index (χ0n) is 15.1. The van der Waals surface area contributed by atoms with Crippen molar-refractivity contribution < 1.29 is 14.3 Å². The van der Waals surface area contributed by atoms with Gasteiger partial charge < -0.3 is 14.8 Å². The number of ether oxygens (including phenoxy) is 2. The molecule has 0 atom stereocenters. The average Bonchev–Trinajstić information content (AvgIpc) is 2.63. The first kappa shape index (κ1) is 17.5. The molecule has 0 unspecified atom stereocenters. The summed E-state index contributed by atoms with van der Waals surface area (Å²) >= 11 is 0. The Kier molecular flexibility index (Phi) is 5.23. The molecule has 4 nitrogen and oxygen atoms in total. The van der Waals surface area contributed by atoms with Gasteiger partial charge in [0, 0.05) is 11.3 Å². The summed E-state index contributed by atoms with van der Waals surface area (Å²) < 4.78 is 11.1. The van der Waals surface area contributed by atoms with Crippen LogP contribution >= 0.6 is 0 Å². The summed E-state index contributed by atoms with van der Waals surface area (Å²) in [7, 11) is 1.61. The van der Waals surface area contributed by atoms with Crippen molar-refractivity contribution in [2.45, 2.75) is 13.8 Å². The molecule has 0 aliphatic heterocycles. The molecule has 0 fully saturated rings. The topological polar surface area (TPSA) is 47.6 Å². The Hall–Kier alpha value is -3.27. The van der Waals surface area contributed by atoms with Crippen molar-refractivity contribution >= 4 is 11.6 Å². The molecule has 1 amide bonds. The fourth-order valence-electron chi connectivity index (χ4n) is 2.70. The number of carbonyl (C=O) groups excluding carboxylic acids is 1. The van der Waals surface area contributed by atoms with Gasteiger partial charge in [-0.1, -0.05) is 29.8 Å². The summed E-state index contributed by atoms with van der Waals surface area (Å²) in [6.07, 6.45) is 0. The van der Waals surface area contributed by atoms with E-state index in [2.05, 4.69) is 5.32 Å². The summed E-state index contributed by atoms with van der Waals surface area (Å²) in [4.78, 5) is 12.4. The van der Waals surface area contributed by atoms with E-state index in [0.29, 0.717) is 28.5 Å². The molecule has 0 heterocycles. The van der Waals surface area contributed by atoms with Crippen LogP contribution in [0.3, 0.4) is 0 Å². The third-order valence-electron chi connectivity index (χ3n) is 4.04. The van der Waals surface area contributed by atoms with Crippen LogP contribution < -0.4 is 14.8 Å². The van der Waals surface area contributed by atoms with Gasteiger partial charge in [-0.05, 0) is 61.9 Å². The maximum absolute atomic E-state index is 12.4. The molecule has 26 heavy (non-hydrogen) atoms. The molecule has 0 aliphatic carbocycles. The minimum atomic E-state index is -0.124. The third kappa shape index (κ3) is 4.03. The first-order valence-corrected chi connectivity index (χ1v) is 8.36. The van der Waals surface area contributed by atoms with E-state index in [1.165, 1.54) is 0 Å². The van der Waals surface area contributed by atoms with Gasteiger partial charge in [-0.3, -0.25) is 4.79 Å². The zero-order valence-corrected chi connectivity index (χ0v) is 15.1. The Morgan fingerprint density at radius 1 is 0.885 bits per heavy atom. The molecule has 132 valence electrons. The van der Waals surface area contributed by atoms with Crippen molar-refractivity contribution in [3.8, 4) is 17.2 Å². The van der Waals surface area contributed by atoms with Crippen LogP contribution in [0.15, 0.2) is 66.7 Å². The van der Waals surface area contributed by atoms with E-state index >= 15 is 0 Å². The van der Waals surface area contributed by atoms with Crippen molar-refractivity contribution in [3.63, 3.8) is 0 Å². The Balaban J connectivity index is 1.70. The second-order valence-electron chi connectivity index (χ2n) is 6.05. The van der Waals surface area contributed by atoms with E-state index in [-0.39, 0.29) is 5.91 Å². The molecule has 3 rings (SSSR count). The van der Waals surface area contributed by atoms with Crippen LogP contribution in [0.2, 0.25) is 0 Å². The van der Waals surface area contributed by atoms with E-state index < -0.39 is 0 Å². The molecule has 0 saturated heterocycles. The van der Waals surface area contributed by atoms with Crippen LogP contribution in [0.5, 0.6) is 17.2 Å². The Morgan fingerprint density at radius 2 is 1.58 bits per heavy atom. The Bertz CT molecular complexity index is 917. The van der Waals surface area contributed by atoms with Crippen LogP contribution in [-0.2, 0) is 0 Å². The molecule has 0 saturated carbocycles. The zero-order chi connectivity index (χ0) is 18.5. The van der Waals surface area contributed by atoms with Gasteiger partial charge in [0.2, 0.25) is 0 Å². The van der Waals surface area contributed by atoms with E-state index in [9.17, 15) is 4.79 Å². The second kappa shape index (κ2) is 7.74. The predicted molar refractivity (Wildman–Crippen MR) is 103 cm³/mol. The van der Waals surface area contributed by atoms with Gasteiger partial charge in [0.25, 0.3) is 5.91 Å². The lowest BCUT2D eigenvalue weighted by Gasteiger charge is -2.11. The van der Waals surface area contributed by atoms with Crippen molar-refractivity contribution in [2.24, 2.45) is 0 Å². The van der Waals surface area contributed by atoms with Crippen molar-refractivity contribution in [3.05, 3.63) is 83.4 Å². The number of methoxy groups -OCH3 is 1. The normalized spacial score (nSPS) is 10.3. The van der Waals surface area contributed by atoms with Gasteiger partial charge in [-0.2, -0.15) is 0 Å². The number of para-hydroxylation sites is 2. The highest BCUT2D eigenvalue weighted by atomic mass is 16.5. The number of carbonyl (C=O) groups is 1. The van der Waals surface area contributed by atoms with Crippen LogP contribution in [0.4, 0.5) is 5.69 Å². The van der Waals surface area contributed by atoms with E-state index in [4.69, 9.17) is 9.47 Å². The largest absolute Gasteiger partial charge is 0.493 e. The van der Waals surface area contributed by atoms with E-state index in [1.54, 1.807) is 7.11 Å². The molecule has 0 bridgehead atoms. The van der Waals surface area contributed by atoms with Gasteiger partial charge in [-0.25, -0.2) is 0 Å². The lowest BCUT2D eigenvalue weighted by molar-refractivity contribution is 0.102. The average molecular weight is 347 g/mol. The van der Waals surface area contributed by atoms with Crippen molar-refractivity contribution in [1.29, 1.82) is 0 Å². The van der Waals surface area contributed by atoms with E-state index in [1.807, 2.05) is 80.6 Å². The first-order valence-electron chi connectivity index (χ1n) is 8.36. The predicted octanol–water partition coefficient (Wildman–Crippen LogP) is 5.36. The smallest absolute Gasteiger partial charge is 0.255 e. The molecule has 3 aromatic carbocycles. The third-order valence-corrected chi connectivity index (χ3v) is 4.04. The SMILES string of the molecule is COc1ccccc1Oc1ccc(NC(=O)c2ccc(C)cc2C)cc1. The molecule has 0 aliphatic rings. The van der Waals surface area contributed by atoms with Crippen LogP contribution in [0.1, 0.15) is 21.5 Å². The highest BCUT2D eigenvalue weighted by Crippen LogP contribution is 2.31. The van der Waals surface area contributed by atoms with Gasteiger partial charge >= 0.3 is 0 Å². The number of amides is 1. The number of aryl methyl sites for hydroxylation is 2. The van der Waals surface area contributed by atoms with Crippen LogP contribution in [-0.4, -0.2) is 13.0 Å². The molecule has 3 aromatic rings. The van der Waals surface area contributed by atoms with Gasteiger partial charge in [-0.15, -0.1) is 0 Å². The quantitative estimate of drug-likeness (QED) is 0.676. The molecule has 0 aromatic heterocycles. The number of hydrogen-bond donors (Lipinski definition) is 1. The molecule has 0 spiro atoms. The fraction of sp³-hybridized carbons (Fsp3) is 0.136. The summed E-state index contributed by atoms with van der Waals surface area (Å²) in [6.45, 7) is 3.95. The molecule has 4 heteroatoms. The van der Waals surface area contributed by atoms with Gasteiger partial charge in [0.15, 0.2) is 11.5 Å². The number of benzene rings is 3. The molecule has 1 N–H and O–H groups in total. The fourth-order valence-corrected chi connectivity index (χ4v) is 2.70. The lowest BCUT2D eigenvalue weighted by Crippen LogP contribution is -2.13. The Labute approximate surface area is 153 Å². The van der Waals surface area contributed by atoms with E-state index in [0.717, 1.165) is 11.1 Å². The summed E-state index contributed by atoms with van der Waals surface area (Å²) in [5.74, 6) is 1.85. The van der Waals surface area contributed by atoms with Gasteiger partial charge in [0.1, 0.15) is 5.75 Å². The molecular weight excluding hydrogens is 326 g/mol.